The van der Waals surface area contributed by atoms with Crippen molar-refractivity contribution < 1.29 is 24.0 Å². The number of nitro groups is 1. The molecule has 1 N–H and O–H groups in total. The average molecular weight is 411 g/mol. The Bertz CT molecular complexity index is 987. The van der Waals surface area contributed by atoms with E-state index in [0.29, 0.717) is 13.0 Å². The van der Waals surface area contributed by atoms with Crippen molar-refractivity contribution in [3.63, 3.8) is 0 Å². The molecule has 0 unspecified atom stereocenters. The number of esters is 1. The first-order valence-electron chi connectivity index (χ1n) is 9.53. The van der Waals surface area contributed by atoms with Gasteiger partial charge in [-0.3, -0.25) is 19.7 Å². The summed E-state index contributed by atoms with van der Waals surface area (Å²) >= 11 is 0. The number of anilines is 1. The molecule has 0 atom stereocenters. The largest absolute Gasteiger partial charge is 0.462 e. The molecule has 1 heterocycles. The zero-order valence-corrected chi connectivity index (χ0v) is 16.4. The van der Waals surface area contributed by atoms with Gasteiger partial charge in [0, 0.05) is 42.9 Å². The number of hydrogen-bond acceptors (Lipinski definition) is 6. The molecule has 0 bridgehead atoms. The van der Waals surface area contributed by atoms with Crippen LogP contribution in [-0.4, -0.2) is 35.9 Å². The van der Waals surface area contributed by atoms with Crippen LogP contribution < -0.4 is 10.2 Å². The summed E-state index contributed by atoms with van der Waals surface area (Å²) in [6.45, 7) is 2.62. The molecule has 0 aliphatic carbocycles. The second kappa shape index (κ2) is 9.17. The molecule has 2 aromatic rings. The van der Waals surface area contributed by atoms with Crippen LogP contribution in [0.15, 0.2) is 42.5 Å². The van der Waals surface area contributed by atoms with Gasteiger partial charge in [-0.15, -0.1) is 0 Å². The molecule has 0 radical (unpaired) electrons. The highest BCUT2D eigenvalue weighted by Gasteiger charge is 2.21. The molecule has 0 saturated carbocycles. The minimum Gasteiger partial charge on any atom is -0.462 e. The normalized spacial score (nSPS) is 13.2. The topological polar surface area (TPSA) is 119 Å². The van der Waals surface area contributed by atoms with Gasteiger partial charge in [-0.05, 0) is 37.1 Å². The molecular formula is C21H21N3O6. The molecule has 9 heteroatoms. The van der Waals surface area contributed by atoms with Gasteiger partial charge in [-0.25, -0.2) is 4.79 Å². The molecule has 2 amide bonds. The van der Waals surface area contributed by atoms with Crippen molar-refractivity contribution in [3.05, 3.63) is 69.3 Å². The molecule has 9 nitrogen and oxygen atoms in total. The highest BCUT2D eigenvalue weighted by Crippen LogP contribution is 2.22. The number of carbonyl (C=O) groups is 3. The number of nitrogens with zero attached hydrogens (tertiary/aromatic N) is 2. The Balaban J connectivity index is 1.70. The molecular weight excluding hydrogens is 390 g/mol. The van der Waals surface area contributed by atoms with Crippen molar-refractivity contribution >= 4 is 29.2 Å². The van der Waals surface area contributed by atoms with Gasteiger partial charge in [-0.1, -0.05) is 12.1 Å². The highest BCUT2D eigenvalue weighted by molar-refractivity contribution is 5.99. The second-order valence-electron chi connectivity index (χ2n) is 6.74. The predicted molar refractivity (Wildman–Crippen MR) is 108 cm³/mol. The number of hydrogen-bond donors (Lipinski definition) is 1. The van der Waals surface area contributed by atoms with E-state index in [0.717, 1.165) is 29.8 Å². The Morgan fingerprint density at radius 2 is 1.87 bits per heavy atom. The Morgan fingerprint density at radius 1 is 1.17 bits per heavy atom. The first-order chi connectivity index (χ1) is 14.4. The molecule has 1 aliphatic heterocycles. The fraction of sp³-hybridized carbons (Fsp3) is 0.286. The van der Waals surface area contributed by atoms with Gasteiger partial charge in [0.25, 0.3) is 11.6 Å². The SMILES string of the molecule is CCOC(=O)c1cc(C(=O)NCc2ccc(N3CCCC3=O)cc2)cc([N+](=O)[O-])c1. The number of rotatable bonds is 7. The van der Waals surface area contributed by atoms with Gasteiger partial charge in [-0.2, -0.15) is 0 Å². The quantitative estimate of drug-likeness (QED) is 0.425. The molecule has 30 heavy (non-hydrogen) atoms. The lowest BCUT2D eigenvalue weighted by molar-refractivity contribution is -0.384. The average Bonchev–Trinajstić information content (AvgIpc) is 3.18. The van der Waals surface area contributed by atoms with Crippen LogP contribution in [0, 0.1) is 10.1 Å². The van der Waals surface area contributed by atoms with Crippen LogP contribution in [0.4, 0.5) is 11.4 Å². The van der Waals surface area contributed by atoms with Crippen LogP contribution >= 0.6 is 0 Å². The Morgan fingerprint density at radius 3 is 2.47 bits per heavy atom. The Kier molecular flexibility index (Phi) is 6.41. The van der Waals surface area contributed by atoms with Crippen LogP contribution in [0.1, 0.15) is 46.0 Å². The van der Waals surface area contributed by atoms with Crippen LogP contribution in [0.2, 0.25) is 0 Å². The Labute approximate surface area is 172 Å². The Hall–Kier alpha value is -3.75. The molecule has 3 rings (SSSR count). The monoisotopic (exact) mass is 411 g/mol. The van der Waals surface area contributed by atoms with E-state index in [1.807, 2.05) is 12.1 Å². The fourth-order valence-electron chi connectivity index (χ4n) is 3.18. The van der Waals surface area contributed by atoms with Gasteiger partial charge < -0.3 is 15.0 Å². The van der Waals surface area contributed by atoms with Crippen molar-refractivity contribution in [2.75, 3.05) is 18.1 Å². The summed E-state index contributed by atoms with van der Waals surface area (Å²) in [7, 11) is 0. The third-order valence-corrected chi connectivity index (χ3v) is 4.68. The van der Waals surface area contributed by atoms with E-state index in [-0.39, 0.29) is 35.9 Å². The van der Waals surface area contributed by atoms with Crippen LogP contribution in [-0.2, 0) is 16.1 Å². The first-order valence-corrected chi connectivity index (χ1v) is 9.53. The zero-order valence-electron chi connectivity index (χ0n) is 16.4. The van der Waals surface area contributed by atoms with Gasteiger partial charge in [0.15, 0.2) is 0 Å². The van der Waals surface area contributed by atoms with Crippen molar-refractivity contribution in [2.24, 2.45) is 0 Å². The van der Waals surface area contributed by atoms with Gasteiger partial charge in [0.2, 0.25) is 5.91 Å². The van der Waals surface area contributed by atoms with E-state index in [1.54, 1.807) is 24.0 Å². The summed E-state index contributed by atoms with van der Waals surface area (Å²) < 4.78 is 4.87. The van der Waals surface area contributed by atoms with Crippen molar-refractivity contribution in [2.45, 2.75) is 26.3 Å². The van der Waals surface area contributed by atoms with Crippen LogP contribution in [0.25, 0.3) is 0 Å². The van der Waals surface area contributed by atoms with Crippen molar-refractivity contribution in [1.82, 2.24) is 5.32 Å². The van der Waals surface area contributed by atoms with Gasteiger partial charge in [0.1, 0.15) is 0 Å². The number of nitro benzene ring substituents is 1. The summed E-state index contributed by atoms with van der Waals surface area (Å²) in [5.74, 6) is -1.19. The molecule has 0 aromatic heterocycles. The van der Waals surface area contributed by atoms with E-state index in [4.69, 9.17) is 4.74 Å². The lowest BCUT2D eigenvalue weighted by Gasteiger charge is -2.16. The summed E-state index contributed by atoms with van der Waals surface area (Å²) in [6, 6.07) is 10.7. The molecule has 1 aliphatic rings. The zero-order chi connectivity index (χ0) is 21.7. The standard InChI is InChI=1S/C21H21N3O6/c1-2-30-21(27)16-10-15(11-18(12-16)24(28)29)20(26)22-13-14-5-7-17(8-6-14)23-9-3-4-19(23)25/h5-8,10-12H,2-4,9,13H2,1H3,(H,22,26). The van der Waals surface area contributed by atoms with Crippen LogP contribution in [0.5, 0.6) is 0 Å². The smallest absolute Gasteiger partial charge is 0.338 e. The number of nitrogens with one attached hydrogen (secondary N) is 1. The summed E-state index contributed by atoms with van der Waals surface area (Å²) in [6.07, 6.45) is 1.39. The number of amides is 2. The van der Waals surface area contributed by atoms with E-state index in [2.05, 4.69) is 5.32 Å². The number of ether oxygens (including phenoxy) is 1. The third kappa shape index (κ3) is 4.80. The summed E-state index contributed by atoms with van der Waals surface area (Å²) in [4.78, 5) is 48.5. The van der Waals surface area contributed by atoms with Crippen molar-refractivity contribution in [1.29, 1.82) is 0 Å². The van der Waals surface area contributed by atoms with Gasteiger partial charge >= 0.3 is 5.97 Å². The van der Waals surface area contributed by atoms with Crippen molar-refractivity contribution in [3.8, 4) is 0 Å². The maximum Gasteiger partial charge on any atom is 0.338 e. The molecule has 1 fully saturated rings. The predicted octanol–water partition coefficient (Wildman–Crippen LogP) is 2.83. The molecule has 0 spiro atoms. The van der Waals surface area contributed by atoms with E-state index < -0.39 is 16.8 Å². The lowest BCUT2D eigenvalue weighted by Crippen LogP contribution is -2.24. The maximum atomic E-state index is 12.5. The molecule has 156 valence electrons. The summed E-state index contributed by atoms with van der Waals surface area (Å²) in [5.41, 5.74) is 1.17. The highest BCUT2D eigenvalue weighted by atomic mass is 16.6. The van der Waals surface area contributed by atoms with E-state index in [9.17, 15) is 24.5 Å². The summed E-state index contributed by atoms with van der Waals surface area (Å²) in [5, 5.41) is 13.8. The minimum absolute atomic E-state index is 0.00784. The third-order valence-electron chi connectivity index (χ3n) is 4.68. The lowest BCUT2D eigenvalue weighted by atomic mass is 10.1. The van der Waals surface area contributed by atoms with E-state index >= 15 is 0 Å². The molecule has 1 saturated heterocycles. The second-order valence-corrected chi connectivity index (χ2v) is 6.74. The number of non-ortho nitro benzene ring substituents is 1. The maximum absolute atomic E-state index is 12.5. The number of benzene rings is 2. The van der Waals surface area contributed by atoms with Gasteiger partial charge in [0.05, 0.1) is 17.1 Å². The number of carbonyl (C=O) groups excluding carboxylic acids is 3. The van der Waals surface area contributed by atoms with Crippen LogP contribution in [0.3, 0.4) is 0 Å². The van der Waals surface area contributed by atoms with E-state index in [1.165, 1.54) is 6.07 Å². The molecule has 2 aromatic carbocycles. The fourth-order valence-corrected chi connectivity index (χ4v) is 3.18. The first kappa shape index (κ1) is 21.0. The minimum atomic E-state index is -0.734.